The van der Waals surface area contributed by atoms with Gasteiger partial charge in [-0.2, -0.15) is 0 Å². The third-order valence-electron chi connectivity index (χ3n) is 3.49. The minimum atomic E-state index is -0.420. The fraction of sp³-hybridized carbons (Fsp3) is 0.167. The SMILES string of the molecule is COC(=O)c1ccc(NC(=S)C(=O)Nc2c(C)cccc2C)cc1. The van der Waals surface area contributed by atoms with E-state index in [9.17, 15) is 9.59 Å². The summed E-state index contributed by atoms with van der Waals surface area (Å²) in [7, 11) is 1.32. The summed E-state index contributed by atoms with van der Waals surface area (Å²) in [5, 5.41) is 5.67. The Balaban J connectivity index is 2.04. The van der Waals surface area contributed by atoms with Crippen molar-refractivity contribution in [1.29, 1.82) is 0 Å². The number of thiocarbonyl (C=S) groups is 1. The van der Waals surface area contributed by atoms with Crippen LogP contribution in [0.5, 0.6) is 0 Å². The van der Waals surface area contributed by atoms with Crippen molar-refractivity contribution in [2.75, 3.05) is 17.7 Å². The van der Waals surface area contributed by atoms with Gasteiger partial charge in [0.05, 0.1) is 12.7 Å². The lowest BCUT2D eigenvalue weighted by Gasteiger charge is -2.13. The summed E-state index contributed by atoms with van der Waals surface area (Å²) in [5.74, 6) is -0.809. The van der Waals surface area contributed by atoms with E-state index in [4.69, 9.17) is 12.2 Å². The Morgan fingerprint density at radius 3 is 2.08 bits per heavy atom. The lowest BCUT2D eigenvalue weighted by atomic mass is 10.1. The quantitative estimate of drug-likeness (QED) is 0.660. The average molecular weight is 342 g/mol. The maximum absolute atomic E-state index is 12.3. The van der Waals surface area contributed by atoms with E-state index < -0.39 is 5.97 Å². The summed E-state index contributed by atoms with van der Waals surface area (Å²) in [6.45, 7) is 3.84. The molecule has 0 radical (unpaired) electrons. The first-order valence-electron chi connectivity index (χ1n) is 7.29. The van der Waals surface area contributed by atoms with Gasteiger partial charge in [-0.15, -0.1) is 0 Å². The molecule has 0 unspecified atom stereocenters. The first kappa shape index (κ1) is 17.6. The molecule has 5 nitrogen and oxygen atoms in total. The van der Waals surface area contributed by atoms with Crippen LogP contribution in [0.25, 0.3) is 0 Å². The van der Waals surface area contributed by atoms with Crippen LogP contribution in [0, 0.1) is 13.8 Å². The Labute approximate surface area is 146 Å². The summed E-state index contributed by atoms with van der Waals surface area (Å²) >= 11 is 5.14. The highest BCUT2D eigenvalue weighted by atomic mass is 32.1. The number of rotatable bonds is 3. The monoisotopic (exact) mass is 342 g/mol. The second kappa shape index (κ2) is 7.70. The smallest absolute Gasteiger partial charge is 0.337 e. The second-order valence-corrected chi connectivity index (χ2v) is 5.65. The molecule has 124 valence electrons. The number of anilines is 2. The van der Waals surface area contributed by atoms with Gasteiger partial charge in [-0.05, 0) is 49.2 Å². The Kier molecular flexibility index (Phi) is 5.65. The van der Waals surface area contributed by atoms with Gasteiger partial charge in [0.2, 0.25) is 0 Å². The standard InChI is InChI=1S/C18H18N2O3S/c1-11-5-4-6-12(2)15(11)20-16(21)17(24)19-14-9-7-13(8-10-14)18(22)23-3/h4-10H,1-3H3,(H,19,24)(H,20,21). The predicted molar refractivity (Wildman–Crippen MR) is 98.5 cm³/mol. The van der Waals surface area contributed by atoms with E-state index in [2.05, 4.69) is 15.4 Å². The number of para-hydroxylation sites is 1. The van der Waals surface area contributed by atoms with Crippen LogP contribution in [0.4, 0.5) is 11.4 Å². The van der Waals surface area contributed by atoms with Gasteiger partial charge in [-0.25, -0.2) is 4.79 Å². The minimum Gasteiger partial charge on any atom is -0.465 e. The second-order valence-electron chi connectivity index (χ2n) is 5.24. The maximum Gasteiger partial charge on any atom is 0.337 e. The van der Waals surface area contributed by atoms with E-state index in [0.29, 0.717) is 11.3 Å². The molecule has 0 heterocycles. The highest BCUT2D eigenvalue weighted by Gasteiger charge is 2.13. The van der Waals surface area contributed by atoms with E-state index in [1.54, 1.807) is 24.3 Å². The Morgan fingerprint density at radius 2 is 1.54 bits per heavy atom. The largest absolute Gasteiger partial charge is 0.465 e. The number of hydrogen-bond acceptors (Lipinski definition) is 4. The van der Waals surface area contributed by atoms with Crippen LogP contribution >= 0.6 is 12.2 Å². The molecular weight excluding hydrogens is 324 g/mol. The van der Waals surface area contributed by atoms with Crippen molar-refractivity contribution in [2.45, 2.75) is 13.8 Å². The number of methoxy groups -OCH3 is 1. The highest BCUT2D eigenvalue weighted by Crippen LogP contribution is 2.19. The molecule has 0 saturated heterocycles. The summed E-state index contributed by atoms with van der Waals surface area (Å²) in [6.07, 6.45) is 0. The molecule has 0 spiro atoms. The third-order valence-corrected chi connectivity index (χ3v) is 3.78. The summed E-state index contributed by atoms with van der Waals surface area (Å²) < 4.78 is 4.63. The van der Waals surface area contributed by atoms with Crippen molar-refractivity contribution in [3.8, 4) is 0 Å². The Hall–Kier alpha value is -2.73. The van der Waals surface area contributed by atoms with Crippen LogP contribution in [-0.2, 0) is 9.53 Å². The van der Waals surface area contributed by atoms with E-state index in [-0.39, 0.29) is 10.9 Å². The molecule has 0 aromatic heterocycles. The minimum absolute atomic E-state index is 0.0449. The van der Waals surface area contributed by atoms with Crippen LogP contribution in [0.2, 0.25) is 0 Å². The van der Waals surface area contributed by atoms with E-state index >= 15 is 0 Å². The molecule has 0 saturated carbocycles. The van der Waals surface area contributed by atoms with Crippen molar-refractivity contribution < 1.29 is 14.3 Å². The number of carbonyl (C=O) groups excluding carboxylic acids is 2. The molecule has 0 aliphatic carbocycles. The van der Waals surface area contributed by atoms with Crippen molar-refractivity contribution >= 4 is 40.5 Å². The molecule has 0 aliphatic heterocycles. The topological polar surface area (TPSA) is 67.4 Å². The van der Waals surface area contributed by atoms with Crippen molar-refractivity contribution in [2.24, 2.45) is 0 Å². The van der Waals surface area contributed by atoms with Crippen LogP contribution in [0.1, 0.15) is 21.5 Å². The lowest BCUT2D eigenvalue weighted by Crippen LogP contribution is -2.28. The number of ether oxygens (including phenoxy) is 1. The van der Waals surface area contributed by atoms with Gasteiger partial charge in [-0.3, -0.25) is 4.79 Å². The van der Waals surface area contributed by atoms with Crippen LogP contribution < -0.4 is 10.6 Å². The molecular formula is C18H18N2O3S. The molecule has 24 heavy (non-hydrogen) atoms. The summed E-state index contributed by atoms with van der Waals surface area (Å²) in [6, 6.07) is 12.3. The van der Waals surface area contributed by atoms with Gasteiger partial charge in [0.1, 0.15) is 0 Å². The zero-order valence-electron chi connectivity index (χ0n) is 13.7. The van der Waals surface area contributed by atoms with Gasteiger partial charge in [0.15, 0.2) is 4.99 Å². The first-order chi connectivity index (χ1) is 11.4. The molecule has 0 bridgehead atoms. The van der Waals surface area contributed by atoms with Crippen molar-refractivity contribution in [1.82, 2.24) is 0 Å². The zero-order valence-corrected chi connectivity index (χ0v) is 14.5. The molecule has 2 rings (SSSR count). The van der Waals surface area contributed by atoms with Crippen LogP contribution in [0.15, 0.2) is 42.5 Å². The Bertz CT molecular complexity index is 765. The number of esters is 1. The fourth-order valence-corrected chi connectivity index (χ4v) is 2.35. The van der Waals surface area contributed by atoms with E-state index in [0.717, 1.165) is 16.8 Å². The molecule has 0 aliphatic rings. The highest BCUT2D eigenvalue weighted by molar-refractivity contribution is 7.82. The number of nitrogens with one attached hydrogen (secondary N) is 2. The number of aryl methyl sites for hydroxylation is 2. The van der Waals surface area contributed by atoms with E-state index in [1.807, 2.05) is 32.0 Å². The number of carbonyl (C=O) groups is 2. The summed E-state index contributed by atoms with van der Waals surface area (Å²) in [4.78, 5) is 23.7. The fourth-order valence-electron chi connectivity index (χ4n) is 2.18. The van der Waals surface area contributed by atoms with Crippen molar-refractivity contribution in [3.63, 3.8) is 0 Å². The molecule has 2 aromatic carbocycles. The lowest BCUT2D eigenvalue weighted by molar-refractivity contribution is -0.110. The normalized spacial score (nSPS) is 9.96. The molecule has 0 atom stereocenters. The Morgan fingerprint density at radius 1 is 0.958 bits per heavy atom. The van der Waals surface area contributed by atoms with Gasteiger partial charge in [-0.1, -0.05) is 30.4 Å². The summed E-state index contributed by atoms with van der Waals surface area (Å²) in [5.41, 5.74) is 3.73. The van der Waals surface area contributed by atoms with Crippen LogP contribution in [0.3, 0.4) is 0 Å². The van der Waals surface area contributed by atoms with Crippen LogP contribution in [-0.4, -0.2) is 24.0 Å². The van der Waals surface area contributed by atoms with Crippen molar-refractivity contribution in [3.05, 3.63) is 59.2 Å². The predicted octanol–water partition coefficient (Wildman–Crippen LogP) is 3.47. The van der Waals surface area contributed by atoms with E-state index in [1.165, 1.54) is 7.11 Å². The molecule has 1 amide bonds. The first-order valence-corrected chi connectivity index (χ1v) is 7.70. The molecule has 6 heteroatoms. The van der Waals surface area contributed by atoms with Gasteiger partial charge in [0.25, 0.3) is 5.91 Å². The van der Waals surface area contributed by atoms with Gasteiger partial charge in [0, 0.05) is 11.4 Å². The molecule has 0 fully saturated rings. The molecule has 2 aromatic rings. The number of amides is 1. The average Bonchev–Trinajstić information content (AvgIpc) is 2.58. The van der Waals surface area contributed by atoms with Gasteiger partial charge < -0.3 is 15.4 Å². The molecule has 2 N–H and O–H groups in total. The maximum atomic E-state index is 12.3. The number of hydrogen-bond donors (Lipinski definition) is 2. The number of benzene rings is 2. The third kappa shape index (κ3) is 4.17. The van der Waals surface area contributed by atoms with Gasteiger partial charge >= 0.3 is 5.97 Å². The zero-order chi connectivity index (χ0) is 17.7.